The first kappa shape index (κ1) is 20.8. The van der Waals surface area contributed by atoms with Crippen LogP contribution in [0.5, 0.6) is 11.5 Å². The van der Waals surface area contributed by atoms with Crippen LogP contribution in [-0.4, -0.2) is 28.9 Å². The number of methoxy groups -OCH3 is 1. The topological polar surface area (TPSA) is 76.6 Å². The van der Waals surface area contributed by atoms with Gasteiger partial charge in [-0.1, -0.05) is 0 Å². The van der Waals surface area contributed by atoms with Gasteiger partial charge < -0.3 is 9.47 Å². The van der Waals surface area contributed by atoms with E-state index < -0.39 is 6.61 Å². The first-order chi connectivity index (χ1) is 14.9. The van der Waals surface area contributed by atoms with Crippen LogP contribution in [0.25, 0.3) is 16.9 Å². The molecular formula is C23H21F2N3O3. The third-order valence-electron chi connectivity index (χ3n) is 5.48. The summed E-state index contributed by atoms with van der Waals surface area (Å²) in [4.78, 5) is 17.1. The van der Waals surface area contributed by atoms with Gasteiger partial charge in [0, 0.05) is 18.2 Å². The predicted octanol–water partition coefficient (Wildman–Crippen LogP) is 5.22. The molecule has 0 aliphatic heterocycles. The maximum Gasteiger partial charge on any atom is 0.387 e. The van der Waals surface area contributed by atoms with Gasteiger partial charge in [-0.15, -0.1) is 0 Å². The van der Waals surface area contributed by atoms with E-state index in [1.165, 1.54) is 13.2 Å². The minimum absolute atomic E-state index is 0.0393. The van der Waals surface area contributed by atoms with Crippen molar-refractivity contribution in [3.05, 3.63) is 47.8 Å². The summed E-state index contributed by atoms with van der Waals surface area (Å²) in [5, 5.41) is 9.14. The van der Waals surface area contributed by atoms with Crippen LogP contribution < -0.4 is 9.47 Å². The zero-order chi connectivity index (χ0) is 22.1. The SMILES string of the molecule is COc1cc(-c2cnc3cc(C(C)C#N)ccn23)cc(OC(F)F)c1C(=O)CC1CC1. The number of imidazole rings is 1. The molecule has 1 saturated carbocycles. The number of nitrogens with zero attached hydrogens (tertiary/aromatic N) is 3. The van der Waals surface area contributed by atoms with Crippen molar-refractivity contribution in [2.75, 3.05) is 7.11 Å². The smallest absolute Gasteiger partial charge is 0.387 e. The Hall–Kier alpha value is -3.47. The molecule has 160 valence electrons. The van der Waals surface area contributed by atoms with Gasteiger partial charge in [0.2, 0.25) is 0 Å². The molecule has 6 nitrogen and oxygen atoms in total. The Balaban J connectivity index is 1.81. The minimum atomic E-state index is -3.08. The molecule has 8 heteroatoms. The molecule has 0 amide bonds. The minimum Gasteiger partial charge on any atom is -0.496 e. The summed E-state index contributed by atoms with van der Waals surface area (Å²) < 4.78 is 38.2. The molecule has 0 bridgehead atoms. The molecule has 1 aliphatic rings. The molecule has 4 rings (SSSR count). The van der Waals surface area contributed by atoms with Gasteiger partial charge in [-0.25, -0.2) is 4.98 Å². The zero-order valence-corrected chi connectivity index (χ0v) is 17.1. The number of ketones is 1. The van der Waals surface area contributed by atoms with E-state index in [2.05, 4.69) is 11.1 Å². The maximum atomic E-state index is 13.1. The second-order valence-electron chi connectivity index (χ2n) is 7.68. The van der Waals surface area contributed by atoms with Crippen molar-refractivity contribution in [3.8, 4) is 28.8 Å². The largest absolute Gasteiger partial charge is 0.496 e. The molecule has 0 saturated heterocycles. The molecule has 31 heavy (non-hydrogen) atoms. The van der Waals surface area contributed by atoms with Crippen LogP contribution in [0, 0.1) is 17.2 Å². The van der Waals surface area contributed by atoms with Crippen molar-refractivity contribution in [2.45, 2.75) is 38.7 Å². The number of ether oxygens (including phenoxy) is 2. The number of nitriles is 1. The number of aromatic nitrogens is 2. The van der Waals surface area contributed by atoms with E-state index >= 15 is 0 Å². The Kier molecular flexibility index (Phi) is 5.59. The normalized spacial score (nSPS) is 14.5. The van der Waals surface area contributed by atoms with Gasteiger partial charge in [0.05, 0.1) is 31.0 Å². The number of alkyl halides is 2. The summed E-state index contributed by atoms with van der Waals surface area (Å²) in [6, 6.07) is 8.86. The Morgan fingerprint density at radius 2 is 2.06 bits per heavy atom. The van der Waals surface area contributed by atoms with Crippen LogP contribution in [0.4, 0.5) is 8.78 Å². The van der Waals surface area contributed by atoms with Crippen molar-refractivity contribution in [2.24, 2.45) is 5.92 Å². The number of halogens is 2. The fraction of sp³-hybridized carbons (Fsp3) is 0.348. The molecule has 1 fully saturated rings. The molecule has 2 aromatic heterocycles. The van der Waals surface area contributed by atoms with Gasteiger partial charge in [0.25, 0.3) is 0 Å². The van der Waals surface area contributed by atoms with Crippen LogP contribution in [-0.2, 0) is 0 Å². The quantitative estimate of drug-likeness (QED) is 0.463. The van der Waals surface area contributed by atoms with Crippen molar-refractivity contribution in [3.63, 3.8) is 0 Å². The van der Waals surface area contributed by atoms with Crippen LogP contribution in [0.15, 0.2) is 36.7 Å². The second kappa shape index (κ2) is 8.34. The van der Waals surface area contributed by atoms with Crippen LogP contribution in [0.3, 0.4) is 0 Å². The lowest BCUT2D eigenvalue weighted by Gasteiger charge is -2.16. The van der Waals surface area contributed by atoms with E-state index in [0.717, 1.165) is 18.4 Å². The average Bonchev–Trinajstić information content (AvgIpc) is 3.46. The summed E-state index contributed by atoms with van der Waals surface area (Å²) in [7, 11) is 1.39. The standard InChI is InChI=1S/C23H21F2N3O3/c1-13(11-26)15-5-6-28-17(12-27-21(28)10-15)16-8-19(30-2)22(18(29)7-14-3-4-14)20(9-16)31-23(24)25/h5-6,8-10,12-14,23H,3-4,7H2,1-2H3. The summed E-state index contributed by atoms with van der Waals surface area (Å²) >= 11 is 0. The summed E-state index contributed by atoms with van der Waals surface area (Å²) in [5.41, 5.74) is 2.61. The number of benzene rings is 1. The van der Waals surface area contributed by atoms with Crippen molar-refractivity contribution in [1.82, 2.24) is 9.38 Å². The van der Waals surface area contributed by atoms with E-state index in [1.54, 1.807) is 35.9 Å². The van der Waals surface area contributed by atoms with Crippen LogP contribution >= 0.6 is 0 Å². The highest BCUT2D eigenvalue weighted by Gasteiger charge is 2.29. The molecule has 0 N–H and O–H groups in total. The number of hydrogen-bond acceptors (Lipinski definition) is 5. The molecule has 0 radical (unpaired) electrons. The molecule has 1 unspecified atom stereocenters. The molecule has 2 heterocycles. The van der Waals surface area contributed by atoms with E-state index in [0.29, 0.717) is 22.8 Å². The van der Waals surface area contributed by atoms with Gasteiger partial charge in [-0.2, -0.15) is 14.0 Å². The third-order valence-corrected chi connectivity index (χ3v) is 5.48. The third kappa shape index (κ3) is 4.22. The predicted molar refractivity (Wildman–Crippen MR) is 110 cm³/mol. The lowest BCUT2D eigenvalue weighted by molar-refractivity contribution is -0.0502. The second-order valence-corrected chi connectivity index (χ2v) is 7.68. The Morgan fingerprint density at radius 1 is 1.32 bits per heavy atom. The highest BCUT2D eigenvalue weighted by atomic mass is 19.3. The van der Waals surface area contributed by atoms with Crippen molar-refractivity contribution < 1.29 is 23.0 Å². The first-order valence-corrected chi connectivity index (χ1v) is 9.98. The fourth-order valence-corrected chi connectivity index (χ4v) is 3.60. The highest BCUT2D eigenvalue weighted by molar-refractivity contribution is 6.02. The van der Waals surface area contributed by atoms with E-state index in [1.807, 2.05) is 6.07 Å². The molecule has 1 atom stereocenters. The zero-order valence-electron chi connectivity index (χ0n) is 17.1. The lowest BCUT2D eigenvalue weighted by Crippen LogP contribution is -2.11. The fourth-order valence-electron chi connectivity index (χ4n) is 3.60. The number of carbonyl (C=O) groups is 1. The van der Waals surface area contributed by atoms with Gasteiger partial charge >= 0.3 is 6.61 Å². The number of rotatable bonds is 8. The first-order valence-electron chi connectivity index (χ1n) is 9.98. The van der Waals surface area contributed by atoms with Gasteiger partial charge in [-0.3, -0.25) is 9.20 Å². The summed E-state index contributed by atoms with van der Waals surface area (Å²) in [6.45, 7) is -1.28. The number of Topliss-reactive ketones (excluding diaryl/α,β-unsaturated/α-hetero) is 1. The van der Waals surface area contributed by atoms with Gasteiger partial charge in [0.1, 0.15) is 22.7 Å². The van der Waals surface area contributed by atoms with E-state index in [-0.39, 0.29) is 35.2 Å². The molecule has 1 aromatic carbocycles. The van der Waals surface area contributed by atoms with E-state index in [4.69, 9.17) is 14.7 Å². The lowest BCUT2D eigenvalue weighted by atomic mass is 10.00. The highest BCUT2D eigenvalue weighted by Crippen LogP contribution is 2.40. The van der Waals surface area contributed by atoms with Crippen molar-refractivity contribution in [1.29, 1.82) is 5.26 Å². The average molecular weight is 425 g/mol. The summed E-state index contributed by atoms with van der Waals surface area (Å²) in [6.07, 6.45) is 5.58. The number of fused-ring (bicyclic) bond motifs is 1. The van der Waals surface area contributed by atoms with Gasteiger partial charge in [0.15, 0.2) is 5.78 Å². The molecule has 3 aromatic rings. The molecule has 0 spiro atoms. The van der Waals surface area contributed by atoms with Crippen LogP contribution in [0.1, 0.15) is 48.0 Å². The summed E-state index contributed by atoms with van der Waals surface area (Å²) in [5.74, 6) is -0.286. The van der Waals surface area contributed by atoms with Crippen molar-refractivity contribution >= 4 is 11.4 Å². The maximum absolute atomic E-state index is 13.1. The number of pyridine rings is 1. The van der Waals surface area contributed by atoms with E-state index in [9.17, 15) is 13.6 Å². The molecule has 1 aliphatic carbocycles. The Morgan fingerprint density at radius 3 is 2.71 bits per heavy atom. The Labute approximate surface area is 178 Å². The Bertz CT molecular complexity index is 1180. The number of carbonyl (C=O) groups excluding carboxylic acids is 1. The van der Waals surface area contributed by atoms with Crippen LogP contribution in [0.2, 0.25) is 0 Å². The van der Waals surface area contributed by atoms with Gasteiger partial charge in [-0.05, 0) is 55.5 Å². The number of hydrogen-bond donors (Lipinski definition) is 0. The molecular weight excluding hydrogens is 404 g/mol. The monoisotopic (exact) mass is 425 g/mol.